The number of aromatic amines is 1. The van der Waals surface area contributed by atoms with E-state index in [-0.39, 0.29) is 6.04 Å². The largest absolute Gasteiger partial charge is 0.369 e. The molecule has 1 aliphatic rings. The first-order valence-corrected chi connectivity index (χ1v) is 7.53. The highest BCUT2D eigenvalue weighted by atomic mass is 15.3. The van der Waals surface area contributed by atoms with Gasteiger partial charge in [0.25, 0.3) is 0 Å². The van der Waals surface area contributed by atoms with Gasteiger partial charge in [0, 0.05) is 44.6 Å². The predicted molar refractivity (Wildman–Crippen MR) is 85.3 cm³/mol. The van der Waals surface area contributed by atoms with Gasteiger partial charge in [0.2, 0.25) is 0 Å². The Bertz CT molecular complexity index is 557. The third-order valence-corrected chi connectivity index (χ3v) is 4.18. The van der Waals surface area contributed by atoms with Gasteiger partial charge >= 0.3 is 0 Å². The summed E-state index contributed by atoms with van der Waals surface area (Å²) in [5, 5.41) is 0. The van der Waals surface area contributed by atoms with Crippen molar-refractivity contribution in [3.8, 4) is 0 Å². The van der Waals surface area contributed by atoms with E-state index in [9.17, 15) is 0 Å². The topological polar surface area (TPSA) is 61.2 Å². The highest BCUT2D eigenvalue weighted by molar-refractivity contribution is 5.46. The maximum Gasteiger partial charge on any atom is 0.103 e. The lowest BCUT2D eigenvalue weighted by molar-refractivity contribution is 0.187. The Morgan fingerprint density at radius 2 is 1.90 bits per heavy atom. The van der Waals surface area contributed by atoms with Gasteiger partial charge in [-0.1, -0.05) is 18.2 Å². The molecular weight excluding hydrogens is 262 g/mol. The molecule has 5 nitrogen and oxygen atoms in total. The molecule has 1 aromatic carbocycles. The first kappa shape index (κ1) is 14.1. The van der Waals surface area contributed by atoms with Gasteiger partial charge in [0.05, 0.1) is 11.7 Å². The highest BCUT2D eigenvalue weighted by Crippen LogP contribution is 2.22. The normalized spacial score (nSPS) is 17.9. The van der Waals surface area contributed by atoms with E-state index in [0.717, 1.165) is 37.7 Å². The van der Waals surface area contributed by atoms with Crippen LogP contribution in [0.2, 0.25) is 0 Å². The quantitative estimate of drug-likeness (QED) is 0.894. The SMILES string of the molecule is Cc1ncc(C(CN)N2CCN(c3ccccc3)CC2)[nH]1. The van der Waals surface area contributed by atoms with Crippen LogP contribution in [0.15, 0.2) is 36.5 Å². The van der Waals surface area contributed by atoms with Crippen molar-refractivity contribution in [1.29, 1.82) is 0 Å². The lowest BCUT2D eigenvalue weighted by Crippen LogP contribution is -2.49. The van der Waals surface area contributed by atoms with E-state index in [4.69, 9.17) is 5.73 Å². The minimum atomic E-state index is 0.240. The number of para-hydroxylation sites is 1. The molecule has 1 unspecified atom stereocenters. The summed E-state index contributed by atoms with van der Waals surface area (Å²) in [6.45, 7) is 6.71. The molecule has 3 rings (SSSR count). The van der Waals surface area contributed by atoms with Gasteiger partial charge in [0.15, 0.2) is 0 Å². The van der Waals surface area contributed by atoms with Crippen LogP contribution in [0.3, 0.4) is 0 Å². The van der Waals surface area contributed by atoms with Crippen molar-refractivity contribution in [3.63, 3.8) is 0 Å². The number of rotatable bonds is 4. The van der Waals surface area contributed by atoms with E-state index >= 15 is 0 Å². The Balaban J connectivity index is 1.64. The van der Waals surface area contributed by atoms with Gasteiger partial charge in [-0.15, -0.1) is 0 Å². The second-order valence-corrected chi connectivity index (χ2v) is 5.53. The number of benzene rings is 1. The van der Waals surface area contributed by atoms with Crippen molar-refractivity contribution >= 4 is 5.69 Å². The van der Waals surface area contributed by atoms with E-state index in [1.165, 1.54) is 5.69 Å². The Morgan fingerprint density at radius 1 is 1.19 bits per heavy atom. The number of H-pyrrole nitrogens is 1. The number of nitrogens with two attached hydrogens (primary N) is 1. The Labute approximate surface area is 125 Å². The van der Waals surface area contributed by atoms with E-state index in [0.29, 0.717) is 6.54 Å². The highest BCUT2D eigenvalue weighted by Gasteiger charge is 2.25. The van der Waals surface area contributed by atoms with Crippen LogP contribution in [0.25, 0.3) is 0 Å². The Hall–Kier alpha value is -1.85. The molecule has 112 valence electrons. The fourth-order valence-electron chi connectivity index (χ4n) is 3.01. The maximum absolute atomic E-state index is 5.99. The smallest absolute Gasteiger partial charge is 0.103 e. The number of nitrogens with zero attached hydrogens (tertiary/aromatic N) is 3. The van der Waals surface area contributed by atoms with Gasteiger partial charge < -0.3 is 15.6 Å². The number of aromatic nitrogens is 2. The van der Waals surface area contributed by atoms with E-state index in [1.54, 1.807) is 0 Å². The molecule has 5 heteroatoms. The van der Waals surface area contributed by atoms with Crippen LogP contribution in [-0.4, -0.2) is 47.6 Å². The number of imidazole rings is 1. The first-order valence-electron chi connectivity index (χ1n) is 7.53. The molecule has 0 spiro atoms. The van der Waals surface area contributed by atoms with Crippen LogP contribution in [-0.2, 0) is 0 Å². The molecule has 1 aromatic heterocycles. The van der Waals surface area contributed by atoms with Crippen LogP contribution in [0.4, 0.5) is 5.69 Å². The summed E-state index contributed by atoms with van der Waals surface area (Å²) in [6.07, 6.45) is 1.91. The van der Waals surface area contributed by atoms with Crippen molar-refractivity contribution in [1.82, 2.24) is 14.9 Å². The fourth-order valence-corrected chi connectivity index (χ4v) is 3.01. The molecule has 2 aromatic rings. The average Bonchev–Trinajstić information content (AvgIpc) is 2.96. The maximum atomic E-state index is 5.99. The molecular formula is C16H23N5. The summed E-state index contributed by atoms with van der Waals surface area (Å²) < 4.78 is 0. The second-order valence-electron chi connectivity index (χ2n) is 5.53. The van der Waals surface area contributed by atoms with Gasteiger partial charge in [-0.05, 0) is 19.1 Å². The molecule has 1 saturated heterocycles. The fraction of sp³-hybridized carbons (Fsp3) is 0.438. The molecule has 0 radical (unpaired) electrons. The van der Waals surface area contributed by atoms with Crippen LogP contribution >= 0.6 is 0 Å². The zero-order valence-corrected chi connectivity index (χ0v) is 12.5. The number of hydrogen-bond donors (Lipinski definition) is 2. The van der Waals surface area contributed by atoms with Crippen LogP contribution in [0, 0.1) is 6.92 Å². The van der Waals surface area contributed by atoms with Crippen LogP contribution in [0.5, 0.6) is 0 Å². The zero-order chi connectivity index (χ0) is 14.7. The third-order valence-electron chi connectivity index (χ3n) is 4.18. The second kappa shape index (κ2) is 6.28. The molecule has 0 bridgehead atoms. The predicted octanol–water partition coefficient (Wildman–Crippen LogP) is 1.54. The zero-order valence-electron chi connectivity index (χ0n) is 12.5. The number of hydrogen-bond acceptors (Lipinski definition) is 4. The molecule has 0 amide bonds. The summed E-state index contributed by atoms with van der Waals surface area (Å²) in [6, 6.07) is 10.8. The number of piperazine rings is 1. The minimum Gasteiger partial charge on any atom is -0.369 e. The third kappa shape index (κ3) is 3.09. The Kier molecular flexibility index (Phi) is 4.22. The summed E-state index contributed by atoms with van der Waals surface area (Å²) in [5.74, 6) is 0.950. The van der Waals surface area contributed by atoms with Crippen LogP contribution in [0.1, 0.15) is 17.6 Å². The number of nitrogens with one attached hydrogen (secondary N) is 1. The van der Waals surface area contributed by atoms with E-state index in [1.807, 2.05) is 13.1 Å². The minimum absolute atomic E-state index is 0.240. The van der Waals surface area contributed by atoms with Gasteiger partial charge in [-0.2, -0.15) is 0 Å². The Morgan fingerprint density at radius 3 is 2.48 bits per heavy atom. The van der Waals surface area contributed by atoms with Gasteiger partial charge in [-0.25, -0.2) is 4.98 Å². The summed E-state index contributed by atoms with van der Waals surface area (Å²) >= 11 is 0. The molecule has 1 aliphatic heterocycles. The number of anilines is 1. The van der Waals surface area contributed by atoms with E-state index < -0.39 is 0 Å². The van der Waals surface area contributed by atoms with Crippen molar-refractivity contribution in [3.05, 3.63) is 48.0 Å². The molecule has 2 heterocycles. The molecule has 1 fully saturated rings. The van der Waals surface area contributed by atoms with Crippen molar-refractivity contribution < 1.29 is 0 Å². The number of aryl methyl sites for hydroxylation is 1. The van der Waals surface area contributed by atoms with Gasteiger partial charge in [-0.3, -0.25) is 4.90 Å². The standard InChI is InChI=1S/C16H23N5/c1-13-18-12-15(19-13)16(11-17)21-9-7-20(8-10-21)14-5-3-2-4-6-14/h2-6,12,16H,7-11,17H2,1H3,(H,18,19). The molecule has 21 heavy (non-hydrogen) atoms. The van der Waals surface area contributed by atoms with Crippen molar-refractivity contribution in [2.75, 3.05) is 37.6 Å². The summed E-state index contributed by atoms with van der Waals surface area (Å²) in [7, 11) is 0. The molecule has 1 atom stereocenters. The molecule has 0 aliphatic carbocycles. The first-order chi connectivity index (χ1) is 10.3. The molecule has 0 saturated carbocycles. The van der Waals surface area contributed by atoms with Crippen molar-refractivity contribution in [2.24, 2.45) is 5.73 Å². The van der Waals surface area contributed by atoms with Crippen molar-refractivity contribution in [2.45, 2.75) is 13.0 Å². The summed E-state index contributed by atoms with van der Waals surface area (Å²) in [5.41, 5.74) is 8.42. The van der Waals surface area contributed by atoms with E-state index in [2.05, 4.69) is 50.1 Å². The molecule has 3 N–H and O–H groups in total. The lowest BCUT2D eigenvalue weighted by Gasteiger charge is -2.39. The summed E-state index contributed by atoms with van der Waals surface area (Å²) in [4.78, 5) is 12.5. The monoisotopic (exact) mass is 285 g/mol. The lowest BCUT2D eigenvalue weighted by atomic mass is 10.1. The average molecular weight is 285 g/mol. The van der Waals surface area contributed by atoms with Gasteiger partial charge in [0.1, 0.15) is 5.82 Å². The van der Waals surface area contributed by atoms with Crippen LogP contribution < -0.4 is 10.6 Å².